The second-order valence-corrected chi connectivity index (χ2v) is 4.63. The number of likely N-dealkylation sites (N-methyl/N-ethyl adjacent to an activating group) is 1. The zero-order valence-corrected chi connectivity index (χ0v) is 13.4. The van der Waals surface area contributed by atoms with E-state index in [9.17, 15) is 4.79 Å². The Morgan fingerprint density at radius 1 is 1.50 bits per heavy atom. The van der Waals surface area contributed by atoms with E-state index in [0.717, 1.165) is 13.1 Å². The minimum Gasteiger partial charge on any atom is -0.448 e. The van der Waals surface area contributed by atoms with Crippen LogP contribution in [0.25, 0.3) is 0 Å². The van der Waals surface area contributed by atoms with E-state index in [-0.39, 0.29) is 36.8 Å². The summed E-state index contributed by atoms with van der Waals surface area (Å²) in [4.78, 5) is 20.5. The second-order valence-electron chi connectivity index (χ2n) is 4.63. The Hall–Kier alpha value is -0.820. The predicted octanol–water partition coefficient (Wildman–Crippen LogP) is 0.795. The summed E-state index contributed by atoms with van der Waals surface area (Å²) in [6.07, 6.45) is 2.00. The molecule has 1 amide bonds. The Morgan fingerprint density at radius 3 is 2.80 bits per heavy atom. The molecular weight excluding hydrogens is 303 g/mol. The van der Waals surface area contributed by atoms with Crippen molar-refractivity contribution in [3.05, 3.63) is 17.8 Å². The van der Waals surface area contributed by atoms with Crippen LogP contribution in [0, 0.1) is 0 Å². The fraction of sp³-hybridized carbons (Fsp3) is 0.667. The van der Waals surface area contributed by atoms with Gasteiger partial charge in [-0.15, -0.1) is 24.8 Å². The van der Waals surface area contributed by atoms with Crippen molar-refractivity contribution in [2.45, 2.75) is 19.4 Å². The van der Waals surface area contributed by atoms with Gasteiger partial charge in [0.2, 0.25) is 0 Å². The van der Waals surface area contributed by atoms with Crippen molar-refractivity contribution in [2.24, 2.45) is 5.73 Å². The topological polar surface area (TPSA) is 75.6 Å². The number of rotatable bonds is 3. The largest absolute Gasteiger partial charge is 0.448 e. The molecule has 1 unspecified atom stereocenters. The SMILES string of the molecule is CCc1ocnc1C(=O)N1CCN(C)CC1CN.Cl.Cl. The van der Waals surface area contributed by atoms with Crippen molar-refractivity contribution < 1.29 is 9.21 Å². The van der Waals surface area contributed by atoms with E-state index in [1.165, 1.54) is 6.39 Å². The fourth-order valence-electron chi connectivity index (χ4n) is 2.31. The first-order chi connectivity index (χ1) is 8.67. The van der Waals surface area contributed by atoms with Gasteiger partial charge in [0.05, 0.1) is 6.04 Å². The van der Waals surface area contributed by atoms with Crippen LogP contribution in [0.4, 0.5) is 0 Å². The molecule has 0 spiro atoms. The third-order valence-corrected chi connectivity index (χ3v) is 3.38. The highest BCUT2D eigenvalue weighted by Gasteiger charge is 2.31. The highest BCUT2D eigenvalue weighted by Crippen LogP contribution is 2.15. The summed E-state index contributed by atoms with van der Waals surface area (Å²) in [6, 6.07) is 0.0534. The number of hydrogen-bond acceptors (Lipinski definition) is 5. The van der Waals surface area contributed by atoms with Gasteiger partial charge in [0.25, 0.3) is 5.91 Å². The molecular formula is C12H22Cl2N4O2. The normalized spacial score (nSPS) is 19.1. The van der Waals surface area contributed by atoms with E-state index in [0.29, 0.717) is 31.0 Å². The maximum Gasteiger partial charge on any atom is 0.276 e. The molecule has 1 aliphatic rings. The van der Waals surface area contributed by atoms with Gasteiger partial charge in [-0.3, -0.25) is 4.79 Å². The molecule has 0 saturated carbocycles. The standard InChI is InChI=1S/C12H20N4O2.2ClH/c1-3-10-11(14-8-18-10)12(17)16-5-4-15(2)7-9(16)6-13;;/h8-9H,3-7,13H2,1-2H3;2*1H. The summed E-state index contributed by atoms with van der Waals surface area (Å²) in [5.74, 6) is 0.582. The zero-order valence-electron chi connectivity index (χ0n) is 11.7. The number of amides is 1. The molecule has 6 nitrogen and oxygen atoms in total. The molecule has 8 heteroatoms. The summed E-state index contributed by atoms with van der Waals surface area (Å²) in [6.45, 7) is 4.77. The molecule has 116 valence electrons. The van der Waals surface area contributed by atoms with E-state index >= 15 is 0 Å². The number of carbonyl (C=O) groups is 1. The Labute approximate surface area is 131 Å². The van der Waals surface area contributed by atoms with Gasteiger partial charge in [-0.2, -0.15) is 0 Å². The summed E-state index contributed by atoms with van der Waals surface area (Å²) >= 11 is 0. The van der Waals surface area contributed by atoms with Gasteiger partial charge < -0.3 is 20.0 Å². The van der Waals surface area contributed by atoms with Crippen LogP contribution < -0.4 is 5.73 Å². The average molecular weight is 325 g/mol. The number of nitrogens with two attached hydrogens (primary N) is 1. The first-order valence-electron chi connectivity index (χ1n) is 6.29. The van der Waals surface area contributed by atoms with Gasteiger partial charge in [0.15, 0.2) is 12.1 Å². The van der Waals surface area contributed by atoms with E-state index in [2.05, 4.69) is 9.88 Å². The molecule has 2 N–H and O–H groups in total. The lowest BCUT2D eigenvalue weighted by molar-refractivity contribution is 0.0509. The molecule has 1 aromatic heterocycles. The minimum atomic E-state index is -0.0656. The Kier molecular flexibility index (Phi) is 8.12. The molecule has 0 bridgehead atoms. The van der Waals surface area contributed by atoms with Gasteiger partial charge in [-0.1, -0.05) is 6.92 Å². The van der Waals surface area contributed by atoms with Crippen molar-refractivity contribution in [1.29, 1.82) is 0 Å². The fourth-order valence-corrected chi connectivity index (χ4v) is 2.31. The van der Waals surface area contributed by atoms with E-state index < -0.39 is 0 Å². The molecule has 2 rings (SSSR count). The van der Waals surface area contributed by atoms with Crippen LogP contribution in [-0.4, -0.2) is 60.0 Å². The van der Waals surface area contributed by atoms with E-state index in [1.54, 1.807) is 0 Å². The number of oxazole rings is 1. The van der Waals surface area contributed by atoms with Crippen LogP contribution in [0.5, 0.6) is 0 Å². The van der Waals surface area contributed by atoms with Crippen LogP contribution in [0.3, 0.4) is 0 Å². The van der Waals surface area contributed by atoms with Gasteiger partial charge >= 0.3 is 0 Å². The van der Waals surface area contributed by atoms with Crippen LogP contribution in [0.15, 0.2) is 10.8 Å². The third kappa shape index (κ3) is 3.85. The lowest BCUT2D eigenvalue weighted by Gasteiger charge is -2.39. The zero-order chi connectivity index (χ0) is 13.1. The number of aromatic nitrogens is 1. The number of nitrogens with zero attached hydrogens (tertiary/aromatic N) is 3. The van der Waals surface area contributed by atoms with Crippen molar-refractivity contribution in [1.82, 2.24) is 14.8 Å². The van der Waals surface area contributed by atoms with Crippen LogP contribution in [-0.2, 0) is 6.42 Å². The average Bonchev–Trinajstić information content (AvgIpc) is 2.86. The van der Waals surface area contributed by atoms with Crippen molar-refractivity contribution in [3.8, 4) is 0 Å². The van der Waals surface area contributed by atoms with Crippen molar-refractivity contribution in [3.63, 3.8) is 0 Å². The maximum atomic E-state index is 12.4. The number of carbonyl (C=O) groups excluding carboxylic acids is 1. The van der Waals surface area contributed by atoms with E-state index in [1.807, 2.05) is 18.9 Å². The van der Waals surface area contributed by atoms with Crippen molar-refractivity contribution >= 4 is 30.7 Å². The molecule has 1 fully saturated rings. The molecule has 1 aliphatic heterocycles. The minimum absolute atomic E-state index is 0. The molecule has 1 atom stereocenters. The first kappa shape index (κ1) is 19.2. The lowest BCUT2D eigenvalue weighted by atomic mass is 10.1. The van der Waals surface area contributed by atoms with Crippen LogP contribution >= 0.6 is 24.8 Å². The first-order valence-corrected chi connectivity index (χ1v) is 6.29. The molecule has 1 saturated heterocycles. The quantitative estimate of drug-likeness (QED) is 0.889. The maximum absolute atomic E-state index is 12.4. The highest BCUT2D eigenvalue weighted by atomic mass is 35.5. The van der Waals surface area contributed by atoms with Crippen LogP contribution in [0.1, 0.15) is 23.2 Å². The molecule has 2 heterocycles. The number of hydrogen-bond donors (Lipinski definition) is 1. The van der Waals surface area contributed by atoms with Gasteiger partial charge in [-0.25, -0.2) is 4.98 Å². The molecule has 0 aliphatic carbocycles. The Morgan fingerprint density at radius 2 is 2.20 bits per heavy atom. The molecule has 0 radical (unpaired) electrons. The summed E-state index contributed by atoms with van der Waals surface area (Å²) in [7, 11) is 2.04. The summed E-state index contributed by atoms with van der Waals surface area (Å²) in [5, 5.41) is 0. The highest BCUT2D eigenvalue weighted by molar-refractivity contribution is 5.93. The third-order valence-electron chi connectivity index (χ3n) is 3.38. The monoisotopic (exact) mass is 324 g/mol. The molecule has 20 heavy (non-hydrogen) atoms. The lowest BCUT2D eigenvalue weighted by Crippen LogP contribution is -2.56. The predicted molar refractivity (Wildman–Crippen MR) is 81.8 cm³/mol. The molecule has 1 aromatic rings. The second kappa shape index (κ2) is 8.46. The van der Waals surface area contributed by atoms with Gasteiger partial charge in [0, 0.05) is 32.6 Å². The van der Waals surface area contributed by atoms with Gasteiger partial charge in [-0.05, 0) is 7.05 Å². The Balaban J connectivity index is 0.00000180. The molecule has 0 aromatic carbocycles. The Bertz CT molecular complexity index is 427. The summed E-state index contributed by atoms with van der Waals surface area (Å²) < 4.78 is 5.22. The number of halogens is 2. The smallest absolute Gasteiger partial charge is 0.276 e. The van der Waals surface area contributed by atoms with E-state index in [4.69, 9.17) is 10.2 Å². The number of piperazine rings is 1. The van der Waals surface area contributed by atoms with Crippen LogP contribution in [0.2, 0.25) is 0 Å². The summed E-state index contributed by atoms with van der Waals surface area (Å²) in [5.41, 5.74) is 6.18. The van der Waals surface area contributed by atoms with Crippen molar-refractivity contribution in [2.75, 3.05) is 33.2 Å². The van der Waals surface area contributed by atoms with Gasteiger partial charge in [0.1, 0.15) is 5.76 Å². The number of aryl methyl sites for hydroxylation is 1.